The lowest BCUT2D eigenvalue weighted by Crippen LogP contribution is -2.15. The van der Waals surface area contributed by atoms with Crippen molar-refractivity contribution in [2.75, 3.05) is 11.1 Å². The first-order chi connectivity index (χ1) is 12.0. The maximum atomic E-state index is 13.8. The maximum absolute atomic E-state index is 13.8. The number of carbonyl (C=O) groups is 1. The van der Waals surface area contributed by atoms with Gasteiger partial charge in [0, 0.05) is 5.02 Å². The quantitative estimate of drug-likeness (QED) is 0.689. The highest BCUT2D eigenvalue weighted by Crippen LogP contribution is 2.21. The van der Waals surface area contributed by atoms with E-state index in [1.165, 1.54) is 16.8 Å². The monoisotopic (exact) mass is 377 g/mol. The molecule has 0 radical (unpaired) electrons. The third-order valence-electron chi connectivity index (χ3n) is 3.24. The van der Waals surface area contributed by atoms with Crippen molar-refractivity contribution in [3.05, 3.63) is 58.9 Å². The van der Waals surface area contributed by atoms with Gasteiger partial charge < -0.3 is 5.32 Å². The fraction of sp³-hybridized carbons (Fsp3) is 0.125. The van der Waals surface area contributed by atoms with Crippen LogP contribution in [0.5, 0.6) is 0 Å². The van der Waals surface area contributed by atoms with E-state index in [0.717, 1.165) is 23.0 Å². The first-order valence-corrected chi connectivity index (χ1v) is 8.62. The second kappa shape index (κ2) is 7.62. The summed E-state index contributed by atoms with van der Waals surface area (Å²) in [5, 5.41) is 15.0. The summed E-state index contributed by atoms with van der Waals surface area (Å²) >= 11 is 7.01. The molecule has 0 aliphatic rings. The molecule has 2 aromatic carbocycles. The van der Waals surface area contributed by atoms with Gasteiger partial charge >= 0.3 is 0 Å². The van der Waals surface area contributed by atoms with Crippen molar-refractivity contribution < 1.29 is 9.18 Å². The number of nitrogens with one attached hydrogen (secondary N) is 1. The highest BCUT2D eigenvalue weighted by atomic mass is 35.5. The van der Waals surface area contributed by atoms with Crippen LogP contribution in [0.25, 0.3) is 5.69 Å². The first-order valence-electron chi connectivity index (χ1n) is 7.26. The highest BCUT2D eigenvalue weighted by molar-refractivity contribution is 7.99. The van der Waals surface area contributed by atoms with E-state index in [-0.39, 0.29) is 17.3 Å². The zero-order chi connectivity index (χ0) is 17.8. The molecule has 9 heteroatoms. The largest absolute Gasteiger partial charge is 0.323 e. The van der Waals surface area contributed by atoms with Crippen LogP contribution in [0.4, 0.5) is 10.1 Å². The normalized spacial score (nSPS) is 10.7. The molecule has 0 fully saturated rings. The van der Waals surface area contributed by atoms with Crippen LogP contribution in [-0.2, 0) is 4.79 Å². The number of thioether (sulfide) groups is 1. The van der Waals surface area contributed by atoms with Gasteiger partial charge in [-0.1, -0.05) is 29.4 Å². The van der Waals surface area contributed by atoms with Gasteiger partial charge in [0.05, 0.1) is 17.1 Å². The van der Waals surface area contributed by atoms with Crippen molar-refractivity contribution in [3.63, 3.8) is 0 Å². The minimum Gasteiger partial charge on any atom is -0.323 e. The predicted octanol–water partition coefficient (Wildman–Crippen LogP) is 3.49. The fourth-order valence-electron chi connectivity index (χ4n) is 2.05. The van der Waals surface area contributed by atoms with Gasteiger partial charge in [-0.25, -0.2) is 4.39 Å². The number of rotatable bonds is 5. The Bertz CT molecular complexity index is 900. The average molecular weight is 378 g/mol. The van der Waals surface area contributed by atoms with E-state index in [1.54, 1.807) is 37.3 Å². The summed E-state index contributed by atoms with van der Waals surface area (Å²) in [5.74, 6) is -0.774. The summed E-state index contributed by atoms with van der Waals surface area (Å²) in [6, 6.07) is 11.6. The molecule has 0 saturated carbocycles. The van der Waals surface area contributed by atoms with Crippen molar-refractivity contribution >= 4 is 35.0 Å². The van der Waals surface area contributed by atoms with Gasteiger partial charge in [0.25, 0.3) is 0 Å². The van der Waals surface area contributed by atoms with E-state index >= 15 is 0 Å². The van der Waals surface area contributed by atoms with Gasteiger partial charge in [0.2, 0.25) is 11.1 Å². The van der Waals surface area contributed by atoms with Crippen LogP contribution in [0.15, 0.2) is 47.6 Å². The molecule has 1 heterocycles. The minimum atomic E-state index is -0.468. The van der Waals surface area contributed by atoms with E-state index in [2.05, 4.69) is 20.8 Å². The molecule has 0 spiro atoms. The summed E-state index contributed by atoms with van der Waals surface area (Å²) in [5.41, 5.74) is 1.65. The van der Waals surface area contributed by atoms with E-state index in [0.29, 0.717) is 10.2 Å². The molecule has 1 N–H and O–H groups in total. The smallest absolute Gasteiger partial charge is 0.234 e. The van der Waals surface area contributed by atoms with Crippen LogP contribution in [0.2, 0.25) is 5.02 Å². The van der Waals surface area contributed by atoms with Crippen molar-refractivity contribution in [2.45, 2.75) is 12.1 Å². The third kappa shape index (κ3) is 4.34. The summed E-state index contributed by atoms with van der Waals surface area (Å²) in [6.45, 7) is 1.78. The molecule has 0 bridgehead atoms. The molecule has 0 aliphatic carbocycles. The minimum absolute atomic E-state index is 0.0429. The Morgan fingerprint density at radius 3 is 2.76 bits per heavy atom. The van der Waals surface area contributed by atoms with Crippen LogP contribution in [0.3, 0.4) is 0 Å². The average Bonchev–Trinajstić information content (AvgIpc) is 3.05. The number of anilines is 1. The lowest BCUT2D eigenvalue weighted by atomic mass is 10.2. The number of hydrogen-bond donors (Lipinski definition) is 1. The van der Waals surface area contributed by atoms with Crippen molar-refractivity contribution in [2.24, 2.45) is 0 Å². The number of benzene rings is 2. The Hall–Kier alpha value is -2.45. The maximum Gasteiger partial charge on any atom is 0.234 e. The molecule has 1 amide bonds. The van der Waals surface area contributed by atoms with Crippen molar-refractivity contribution in [1.82, 2.24) is 20.2 Å². The Morgan fingerprint density at radius 1 is 1.28 bits per heavy atom. The lowest BCUT2D eigenvalue weighted by molar-refractivity contribution is -0.113. The van der Waals surface area contributed by atoms with Crippen LogP contribution in [0.1, 0.15) is 5.56 Å². The number of amides is 1. The summed E-state index contributed by atoms with van der Waals surface area (Å²) in [4.78, 5) is 12.0. The van der Waals surface area contributed by atoms with E-state index in [4.69, 9.17) is 11.6 Å². The Labute approximate surface area is 152 Å². The Morgan fingerprint density at radius 2 is 2.04 bits per heavy atom. The van der Waals surface area contributed by atoms with Crippen LogP contribution in [0, 0.1) is 12.7 Å². The fourth-order valence-corrected chi connectivity index (χ4v) is 2.87. The second-order valence-corrected chi connectivity index (χ2v) is 6.55. The summed E-state index contributed by atoms with van der Waals surface area (Å²) < 4.78 is 15.3. The Kier molecular flexibility index (Phi) is 5.30. The predicted molar refractivity (Wildman–Crippen MR) is 94.7 cm³/mol. The molecule has 128 valence electrons. The van der Waals surface area contributed by atoms with Crippen molar-refractivity contribution in [3.8, 4) is 5.69 Å². The van der Waals surface area contributed by atoms with E-state index < -0.39 is 5.82 Å². The topological polar surface area (TPSA) is 72.7 Å². The van der Waals surface area contributed by atoms with E-state index in [9.17, 15) is 9.18 Å². The zero-order valence-corrected chi connectivity index (χ0v) is 14.7. The van der Waals surface area contributed by atoms with Gasteiger partial charge in [-0.2, -0.15) is 4.68 Å². The molecule has 0 saturated heterocycles. The van der Waals surface area contributed by atoms with Crippen molar-refractivity contribution in [1.29, 1.82) is 0 Å². The number of aromatic nitrogens is 4. The van der Waals surface area contributed by atoms with Crippen LogP contribution < -0.4 is 5.32 Å². The SMILES string of the molecule is Cc1ccc(NC(=O)CSc2nnnn2-c2ccc(Cl)cc2)c(F)c1. The zero-order valence-electron chi connectivity index (χ0n) is 13.1. The van der Waals surface area contributed by atoms with Gasteiger partial charge in [-0.15, -0.1) is 5.10 Å². The molecule has 0 unspecified atom stereocenters. The third-order valence-corrected chi connectivity index (χ3v) is 4.41. The van der Waals surface area contributed by atoms with E-state index in [1.807, 2.05) is 0 Å². The van der Waals surface area contributed by atoms with Gasteiger partial charge in [-0.05, 0) is 59.3 Å². The molecule has 1 aromatic heterocycles. The number of aryl methyl sites for hydroxylation is 1. The molecule has 25 heavy (non-hydrogen) atoms. The molecule has 6 nitrogen and oxygen atoms in total. The number of tetrazole rings is 1. The standard InChI is InChI=1S/C16H13ClFN5OS/c1-10-2-7-14(13(18)8-10)19-15(24)9-25-16-20-21-22-23(16)12-5-3-11(17)4-6-12/h2-8H,9H2,1H3,(H,19,24). The second-order valence-electron chi connectivity index (χ2n) is 5.17. The summed E-state index contributed by atoms with van der Waals surface area (Å²) in [7, 11) is 0. The van der Waals surface area contributed by atoms with Gasteiger partial charge in [-0.3, -0.25) is 4.79 Å². The van der Waals surface area contributed by atoms with Gasteiger partial charge in [0.15, 0.2) is 0 Å². The lowest BCUT2D eigenvalue weighted by Gasteiger charge is -2.07. The molecular weight excluding hydrogens is 365 g/mol. The van der Waals surface area contributed by atoms with Gasteiger partial charge in [0.1, 0.15) is 5.82 Å². The summed E-state index contributed by atoms with van der Waals surface area (Å²) in [6.07, 6.45) is 0. The molecule has 3 aromatic rings. The highest BCUT2D eigenvalue weighted by Gasteiger charge is 2.13. The van der Waals surface area contributed by atoms with Crippen LogP contribution in [-0.4, -0.2) is 31.9 Å². The molecule has 0 aliphatic heterocycles. The Balaban J connectivity index is 1.65. The number of carbonyl (C=O) groups excluding carboxylic acids is 1. The molecule has 0 atom stereocenters. The van der Waals surface area contributed by atoms with Crippen LogP contribution >= 0.6 is 23.4 Å². The molecular formula is C16H13ClFN5OS. The molecule has 3 rings (SSSR count). The first kappa shape index (κ1) is 17.4. The number of halogens is 2. The number of nitrogens with zero attached hydrogens (tertiary/aromatic N) is 4. The number of hydrogen-bond acceptors (Lipinski definition) is 5.